The zero-order valence-electron chi connectivity index (χ0n) is 12.0. The minimum Gasteiger partial charge on any atom is -0.341 e. The molecule has 0 spiro atoms. The van der Waals surface area contributed by atoms with Crippen molar-refractivity contribution in [3.05, 3.63) is 18.2 Å². The second-order valence-corrected chi connectivity index (χ2v) is 7.46. The van der Waals surface area contributed by atoms with Crippen LogP contribution in [0.5, 0.6) is 0 Å². The van der Waals surface area contributed by atoms with Gasteiger partial charge >= 0.3 is 0 Å². The van der Waals surface area contributed by atoms with Gasteiger partial charge in [0.2, 0.25) is 15.9 Å². The number of benzene rings is 1. The highest BCUT2D eigenvalue weighted by molar-refractivity contribution is 7.89. The molecule has 1 N–H and O–H groups in total. The molecule has 0 unspecified atom stereocenters. The molecule has 2 aromatic rings. The largest absolute Gasteiger partial charge is 0.341 e. The Morgan fingerprint density at radius 1 is 1.41 bits per heavy atom. The van der Waals surface area contributed by atoms with Crippen molar-refractivity contribution in [3.8, 4) is 0 Å². The highest BCUT2D eigenvalue weighted by Crippen LogP contribution is 2.22. The van der Waals surface area contributed by atoms with E-state index in [0.717, 1.165) is 18.1 Å². The molecular weight excluding hydrogens is 324 g/mol. The van der Waals surface area contributed by atoms with E-state index in [0.29, 0.717) is 24.1 Å². The van der Waals surface area contributed by atoms with Gasteiger partial charge in [0.1, 0.15) is 15.9 Å². The van der Waals surface area contributed by atoms with Crippen molar-refractivity contribution in [2.75, 3.05) is 13.1 Å². The van der Waals surface area contributed by atoms with Crippen molar-refractivity contribution in [1.29, 1.82) is 0 Å². The Balaban J connectivity index is 1.83. The smallest absolute Gasteiger partial charge is 0.243 e. The number of carbonyl (C=O) groups is 1. The molecule has 118 valence electrons. The van der Waals surface area contributed by atoms with E-state index in [2.05, 4.69) is 13.5 Å². The van der Waals surface area contributed by atoms with Gasteiger partial charge in [-0.25, -0.2) is 13.1 Å². The van der Waals surface area contributed by atoms with Crippen molar-refractivity contribution in [2.45, 2.75) is 30.7 Å². The van der Waals surface area contributed by atoms with Crippen LogP contribution in [0, 0.1) is 0 Å². The Hall–Kier alpha value is -1.58. The molecule has 0 aliphatic carbocycles. The zero-order chi connectivity index (χ0) is 15.7. The van der Waals surface area contributed by atoms with Gasteiger partial charge in [-0.3, -0.25) is 4.79 Å². The van der Waals surface area contributed by atoms with Gasteiger partial charge in [-0.15, -0.1) is 0 Å². The van der Waals surface area contributed by atoms with E-state index in [1.165, 1.54) is 6.07 Å². The van der Waals surface area contributed by atoms with Crippen LogP contribution in [-0.2, 0) is 14.8 Å². The van der Waals surface area contributed by atoms with E-state index in [4.69, 9.17) is 0 Å². The fourth-order valence-electron chi connectivity index (χ4n) is 2.62. The highest BCUT2D eigenvalue weighted by atomic mass is 32.2. The number of sulfonamides is 1. The fraction of sp³-hybridized carbons (Fsp3) is 0.462. The van der Waals surface area contributed by atoms with Crippen LogP contribution in [0.3, 0.4) is 0 Å². The van der Waals surface area contributed by atoms with E-state index in [1.807, 2.05) is 6.92 Å². The molecule has 1 fully saturated rings. The Kier molecular flexibility index (Phi) is 4.11. The van der Waals surface area contributed by atoms with E-state index >= 15 is 0 Å². The first-order chi connectivity index (χ1) is 10.5. The first-order valence-electron chi connectivity index (χ1n) is 7.02. The Bertz CT molecular complexity index is 802. The molecule has 22 heavy (non-hydrogen) atoms. The van der Waals surface area contributed by atoms with Crippen molar-refractivity contribution >= 4 is 38.7 Å². The van der Waals surface area contributed by atoms with Crippen molar-refractivity contribution in [3.63, 3.8) is 0 Å². The summed E-state index contributed by atoms with van der Waals surface area (Å²) in [6, 6.07) is 4.47. The van der Waals surface area contributed by atoms with Crippen LogP contribution in [0.2, 0.25) is 0 Å². The maximum Gasteiger partial charge on any atom is 0.243 e. The number of amides is 1. The van der Waals surface area contributed by atoms with Gasteiger partial charge in [0.05, 0.1) is 11.7 Å². The molecule has 9 heteroatoms. The van der Waals surface area contributed by atoms with Crippen LogP contribution in [0.25, 0.3) is 11.0 Å². The summed E-state index contributed by atoms with van der Waals surface area (Å²) in [6.07, 6.45) is 1.06. The summed E-state index contributed by atoms with van der Waals surface area (Å²) in [4.78, 5) is 13.6. The van der Waals surface area contributed by atoms with Crippen LogP contribution in [-0.4, -0.2) is 47.1 Å². The number of hydrogen-bond donors (Lipinski definition) is 1. The monoisotopic (exact) mass is 340 g/mol. The second-order valence-electron chi connectivity index (χ2n) is 5.25. The Morgan fingerprint density at radius 2 is 2.23 bits per heavy atom. The first kappa shape index (κ1) is 15.3. The fourth-order valence-corrected chi connectivity index (χ4v) is 4.61. The lowest BCUT2D eigenvalue weighted by atomic mass is 10.3. The van der Waals surface area contributed by atoms with Gasteiger partial charge in [-0.1, -0.05) is 13.0 Å². The molecule has 1 aliphatic heterocycles. The third-order valence-electron chi connectivity index (χ3n) is 3.57. The summed E-state index contributed by atoms with van der Waals surface area (Å²) in [5, 5.41) is 0. The molecule has 1 amide bonds. The molecule has 2 heterocycles. The van der Waals surface area contributed by atoms with E-state index < -0.39 is 16.1 Å². The molecule has 0 bridgehead atoms. The van der Waals surface area contributed by atoms with Crippen molar-refractivity contribution in [2.24, 2.45) is 0 Å². The van der Waals surface area contributed by atoms with Gasteiger partial charge in [-0.05, 0) is 18.6 Å². The number of rotatable bonds is 5. The molecule has 0 saturated carbocycles. The summed E-state index contributed by atoms with van der Waals surface area (Å²) in [7, 11) is -3.73. The predicted molar refractivity (Wildman–Crippen MR) is 83.0 cm³/mol. The second kappa shape index (κ2) is 5.90. The summed E-state index contributed by atoms with van der Waals surface area (Å²) in [5.74, 6) is -0.0110. The number of nitrogens with one attached hydrogen (secondary N) is 1. The highest BCUT2D eigenvalue weighted by Gasteiger charge is 2.33. The van der Waals surface area contributed by atoms with Gasteiger partial charge < -0.3 is 4.90 Å². The molecule has 3 rings (SSSR count). The van der Waals surface area contributed by atoms with Crippen LogP contribution in [0.4, 0.5) is 0 Å². The topological polar surface area (TPSA) is 92.3 Å². The summed E-state index contributed by atoms with van der Waals surface area (Å²) < 4.78 is 35.9. The van der Waals surface area contributed by atoms with E-state index in [1.54, 1.807) is 17.0 Å². The third-order valence-corrected chi connectivity index (χ3v) is 5.66. The Morgan fingerprint density at radius 3 is 3.00 bits per heavy atom. The number of hydrogen-bond acceptors (Lipinski definition) is 6. The lowest BCUT2D eigenvalue weighted by Gasteiger charge is -2.16. The lowest BCUT2D eigenvalue weighted by Crippen LogP contribution is -2.37. The molecule has 7 nitrogen and oxygen atoms in total. The first-order valence-corrected chi connectivity index (χ1v) is 9.24. The van der Waals surface area contributed by atoms with Crippen molar-refractivity contribution in [1.82, 2.24) is 18.4 Å². The molecule has 1 aromatic heterocycles. The third kappa shape index (κ3) is 2.83. The minimum absolute atomic E-state index is 0.0110. The number of likely N-dealkylation sites (tertiary alicyclic amines) is 1. The number of fused-ring (bicyclic) bond motifs is 1. The SMILES string of the molecule is CCCN1C[C@H](NS(=O)(=O)c2cccc3nsnc23)CC1=O. The predicted octanol–water partition coefficient (Wildman–Crippen LogP) is 0.980. The normalized spacial score (nSPS) is 19.2. The van der Waals surface area contributed by atoms with Crippen LogP contribution < -0.4 is 4.72 Å². The summed E-state index contributed by atoms with van der Waals surface area (Å²) >= 11 is 0.979. The number of carbonyl (C=O) groups excluding carboxylic acids is 1. The standard InChI is InChI=1S/C13H16N4O3S2/c1-2-6-17-8-9(7-12(17)18)16-22(19,20)11-5-3-4-10-13(11)15-21-14-10/h3-5,9,16H,2,6-8H2,1H3/t9-/m1/s1. The van der Waals surface area contributed by atoms with Gasteiger partial charge in [-0.2, -0.15) is 8.75 Å². The molecular formula is C13H16N4O3S2. The lowest BCUT2D eigenvalue weighted by molar-refractivity contribution is -0.127. The van der Waals surface area contributed by atoms with Crippen molar-refractivity contribution < 1.29 is 13.2 Å². The van der Waals surface area contributed by atoms with Crippen LogP contribution in [0.15, 0.2) is 23.1 Å². The molecule has 1 aliphatic rings. The minimum atomic E-state index is -3.73. The van der Waals surface area contributed by atoms with Crippen LogP contribution >= 0.6 is 11.7 Å². The number of aromatic nitrogens is 2. The molecule has 1 aromatic carbocycles. The van der Waals surface area contributed by atoms with E-state index in [9.17, 15) is 13.2 Å². The molecule has 1 saturated heterocycles. The zero-order valence-corrected chi connectivity index (χ0v) is 13.7. The van der Waals surface area contributed by atoms with Gasteiger partial charge in [0.25, 0.3) is 0 Å². The van der Waals surface area contributed by atoms with E-state index in [-0.39, 0.29) is 17.2 Å². The average Bonchev–Trinajstić information content (AvgIpc) is 3.05. The van der Waals surface area contributed by atoms with Crippen LogP contribution in [0.1, 0.15) is 19.8 Å². The maximum atomic E-state index is 12.6. The summed E-state index contributed by atoms with van der Waals surface area (Å²) in [6.45, 7) is 3.06. The Labute approximate surface area is 132 Å². The average molecular weight is 340 g/mol. The van der Waals surface area contributed by atoms with Gasteiger partial charge in [0, 0.05) is 25.6 Å². The number of nitrogens with zero attached hydrogens (tertiary/aromatic N) is 3. The quantitative estimate of drug-likeness (QED) is 0.876. The maximum absolute atomic E-state index is 12.6. The molecule has 0 radical (unpaired) electrons. The molecule has 1 atom stereocenters. The summed E-state index contributed by atoms with van der Waals surface area (Å²) in [5.41, 5.74) is 0.928. The van der Waals surface area contributed by atoms with Gasteiger partial charge in [0.15, 0.2) is 0 Å².